The largest absolute Gasteiger partial charge is 0.490 e. The van der Waals surface area contributed by atoms with Gasteiger partial charge in [-0.3, -0.25) is 24.9 Å². The van der Waals surface area contributed by atoms with E-state index in [-0.39, 0.29) is 22.1 Å². The number of hydrogen-bond donors (Lipinski definition) is 2. The van der Waals surface area contributed by atoms with Crippen LogP contribution in [0.5, 0.6) is 5.75 Å². The first kappa shape index (κ1) is 22.9. The molecule has 0 spiro atoms. The van der Waals surface area contributed by atoms with Gasteiger partial charge >= 0.3 is 5.69 Å². The summed E-state index contributed by atoms with van der Waals surface area (Å²) in [6, 6.07) is 11.6. The van der Waals surface area contributed by atoms with Gasteiger partial charge in [0.25, 0.3) is 5.91 Å². The second-order valence-corrected chi connectivity index (χ2v) is 7.61. The summed E-state index contributed by atoms with van der Waals surface area (Å²) in [5.41, 5.74) is 4.97. The predicted octanol–water partition coefficient (Wildman–Crippen LogP) is 3.67. The Balaban J connectivity index is 1.63. The molecule has 32 heavy (non-hydrogen) atoms. The number of ether oxygens (including phenoxy) is 1. The number of benzene rings is 2. The summed E-state index contributed by atoms with van der Waals surface area (Å²) in [6.07, 6.45) is 0.767. The molecular weight excluding hydrogens is 430 g/mol. The zero-order valence-corrected chi connectivity index (χ0v) is 18.9. The lowest BCUT2D eigenvalue weighted by Crippen LogP contribution is -2.34. The van der Waals surface area contributed by atoms with E-state index in [1.807, 2.05) is 49.8 Å². The molecule has 3 rings (SSSR count). The third-order valence-corrected chi connectivity index (χ3v) is 5.32. The Bertz CT molecular complexity index is 1190. The number of anilines is 1. The average Bonchev–Trinajstić information content (AvgIpc) is 3.00. The van der Waals surface area contributed by atoms with E-state index >= 15 is 0 Å². The minimum atomic E-state index is -0.609. The second-order valence-electron chi connectivity index (χ2n) is 7.20. The van der Waals surface area contributed by atoms with Gasteiger partial charge in [0.1, 0.15) is 0 Å². The van der Waals surface area contributed by atoms with Gasteiger partial charge in [0.05, 0.1) is 17.7 Å². The van der Waals surface area contributed by atoms with E-state index in [1.165, 1.54) is 24.8 Å². The van der Waals surface area contributed by atoms with Crippen LogP contribution in [0.3, 0.4) is 0 Å². The number of carbonyl (C=O) groups is 1. The zero-order valence-electron chi connectivity index (χ0n) is 18.1. The van der Waals surface area contributed by atoms with Crippen LogP contribution in [0.4, 0.5) is 11.4 Å². The van der Waals surface area contributed by atoms with E-state index < -0.39 is 10.8 Å². The van der Waals surface area contributed by atoms with Crippen molar-refractivity contribution in [3.63, 3.8) is 0 Å². The van der Waals surface area contributed by atoms with E-state index in [0.717, 1.165) is 29.4 Å². The quantitative estimate of drug-likeness (QED) is 0.333. The van der Waals surface area contributed by atoms with Crippen LogP contribution in [0.25, 0.3) is 0 Å². The number of aryl methyl sites for hydroxylation is 2. The molecule has 9 nitrogen and oxygen atoms in total. The maximum absolute atomic E-state index is 12.4. The molecule has 1 amide bonds. The van der Waals surface area contributed by atoms with Gasteiger partial charge in [-0.1, -0.05) is 12.1 Å². The van der Waals surface area contributed by atoms with Crippen molar-refractivity contribution in [2.45, 2.75) is 20.3 Å². The number of nitrogens with one attached hydrogen (secondary N) is 2. The van der Waals surface area contributed by atoms with Crippen molar-refractivity contribution in [1.82, 2.24) is 15.1 Å². The first-order valence-electron chi connectivity index (χ1n) is 9.72. The molecule has 0 bridgehead atoms. The SMILES string of the molecule is COc1ccc(C(=O)NC(=S)Nc2ccc(Cc3c(C)nn(C)c3C)cc2)cc1[N+](=O)[O-]. The molecule has 0 radical (unpaired) electrons. The number of hydrogen-bond acceptors (Lipinski definition) is 6. The Morgan fingerprint density at radius 2 is 1.91 bits per heavy atom. The fraction of sp³-hybridized carbons (Fsp3) is 0.227. The van der Waals surface area contributed by atoms with Crippen molar-refractivity contribution >= 4 is 34.6 Å². The van der Waals surface area contributed by atoms with Crippen molar-refractivity contribution in [2.24, 2.45) is 7.05 Å². The number of nitrogens with zero attached hydrogens (tertiary/aromatic N) is 3. The molecule has 1 heterocycles. The predicted molar refractivity (Wildman–Crippen MR) is 125 cm³/mol. The van der Waals surface area contributed by atoms with E-state index in [4.69, 9.17) is 17.0 Å². The Hall–Kier alpha value is -3.79. The lowest BCUT2D eigenvalue weighted by Gasteiger charge is -2.11. The monoisotopic (exact) mass is 453 g/mol. The highest BCUT2D eigenvalue weighted by atomic mass is 32.1. The summed E-state index contributed by atoms with van der Waals surface area (Å²) in [5, 5.41) is 21.2. The molecule has 0 unspecified atom stereocenters. The molecule has 3 aromatic rings. The molecule has 1 aromatic heterocycles. The van der Waals surface area contributed by atoms with Crippen molar-refractivity contribution in [2.75, 3.05) is 12.4 Å². The van der Waals surface area contributed by atoms with Crippen LogP contribution in [0.1, 0.15) is 32.9 Å². The number of amides is 1. The van der Waals surface area contributed by atoms with Crippen molar-refractivity contribution < 1.29 is 14.5 Å². The lowest BCUT2D eigenvalue weighted by molar-refractivity contribution is -0.385. The van der Waals surface area contributed by atoms with Gasteiger partial charge in [0.15, 0.2) is 10.9 Å². The van der Waals surface area contributed by atoms with E-state index in [0.29, 0.717) is 5.69 Å². The second kappa shape index (κ2) is 9.56. The van der Waals surface area contributed by atoms with E-state index in [9.17, 15) is 14.9 Å². The molecule has 0 fully saturated rings. The maximum atomic E-state index is 12.4. The summed E-state index contributed by atoms with van der Waals surface area (Å²) >= 11 is 5.21. The van der Waals surface area contributed by atoms with E-state index in [1.54, 1.807) is 0 Å². The summed E-state index contributed by atoms with van der Waals surface area (Å²) in [7, 11) is 3.25. The molecule has 0 saturated carbocycles. The van der Waals surface area contributed by atoms with Crippen LogP contribution in [0.15, 0.2) is 42.5 Å². The first-order valence-corrected chi connectivity index (χ1v) is 10.1. The van der Waals surface area contributed by atoms with Crippen LogP contribution in [-0.4, -0.2) is 32.8 Å². The molecule has 0 aliphatic carbocycles. The average molecular weight is 454 g/mol. The number of carbonyl (C=O) groups excluding carboxylic acids is 1. The Morgan fingerprint density at radius 3 is 2.47 bits per heavy atom. The summed E-state index contributed by atoms with van der Waals surface area (Å²) in [5.74, 6) is -0.489. The summed E-state index contributed by atoms with van der Waals surface area (Å²) < 4.78 is 6.82. The van der Waals surface area contributed by atoms with Crippen molar-refractivity contribution in [3.05, 3.63) is 80.7 Å². The van der Waals surface area contributed by atoms with Crippen LogP contribution in [0, 0.1) is 24.0 Å². The third kappa shape index (κ3) is 5.09. The minimum absolute atomic E-state index is 0.0732. The number of methoxy groups -OCH3 is 1. The molecular formula is C22H23N5O4S. The molecule has 0 aliphatic rings. The number of aromatic nitrogens is 2. The van der Waals surface area contributed by atoms with Crippen LogP contribution in [0.2, 0.25) is 0 Å². The topological polar surface area (TPSA) is 111 Å². The highest BCUT2D eigenvalue weighted by Crippen LogP contribution is 2.27. The van der Waals surface area contributed by atoms with Gasteiger partial charge in [-0.2, -0.15) is 5.10 Å². The molecule has 2 N–H and O–H groups in total. The van der Waals surface area contributed by atoms with Gasteiger partial charge in [-0.05, 0) is 55.9 Å². The zero-order chi connectivity index (χ0) is 23.4. The van der Waals surface area contributed by atoms with Gasteiger partial charge < -0.3 is 10.1 Å². The van der Waals surface area contributed by atoms with Gasteiger partial charge in [-0.25, -0.2) is 0 Å². The van der Waals surface area contributed by atoms with Crippen molar-refractivity contribution in [3.8, 4) is 5.75 Å². The van der Waals surface area contributed by atoms with Crippen LogP contribution >= 0.6 is 12.2 Å². The van der Waals surface area contributed by atoms with E-state index in [2.05, 4.69) is 15.7 Å². The fourth-order valence-corrected chi connectivity index (χ4v) is 3.51. The maximum Gasteiger partial charge on any atom is 0.311 e. The third-order valence-electron chi connectivity index (χ3n) is 5.12. The Kier molecular flexibility index (Phi) is 6.84. The Labute approximate surface area is 190 Å². The number of rotatable bonds is 6. The number of nitro groups is 1. The molecule has 0 aliphatic heterocycles. The molecule has 166 valence electrons. The van der Waals surface area contributed by atoms with Crippen LogP contribution < -0.4 is 15.4 Å². The molecule has 0 saturated heterocycles. The molecule has 2 aromatic carbocycles. The number of thiocarbonyl (C=S) groups is 1. The van der Waals surface area contributed by atoms with Crippen LogP contribution in [-0.2, 0) is 13.5 Å². The summed E-state index contributed by atoms with van der Waals surface area (Å²) in [6.45, 7) is 4.04. The Morgan fingerprint density at radius 1 is 1.22 bits per heavy atom. The highest BCUT2D eigenvalue weighted by molar-refractivity contribution is 7.80. The molecule has 10 heteroatoms. The summed E-state index contributed by atoms with van der Waals surface area (Å²) in [4.78, 5) is 23.0. The highest BCUT2D eigenvalue weighted by Gasteiger charge is 2.18. The smallest absolute Gasteiger partial charge is 0.311 e. The molecule has 0 atom stereocenters. The van der Waals surface area contributed by atoms with Gasteiger partial charge in [-0.15, -0.1) is 0 Å². The van der Waals surface area contributed by atoms with Gasteiger partial charge in [0, 0.05) is 42.0 Å². The normalized spacial score (nSPS) is 10.5. The number of nitro benzene ring substituents is 1. The van der Waals surface area contributed by atoms with Gasteiger partial charge in [0.2, 0.25) is 0 Å². The lowest BCUT2D eigenvalue weighted by atomic mass is 10.0. The standard InChI is InChI=1S/C22H23N5O4S/c1-13-18(14(2)26(3)25-13)11-15-5-8-17(9-6-15)23-22(32)24-21(28)16-7-10-20(31-4)19(12-16)27(29)30/h5-10,12H,11H2,1-4H3,(H2,23,24,28,32). The first-order chi connectivity index (χ1) is 15.2. The van der Waals surface area contributed by atoms with Crippen molar-refractivity contribution in [1.29, 1.82) is 0 Å². The fourth-order valence-electron chi connectivity index (χ4n) is 3.29. The minimum Gasteiger partial charge on any atom is -0.490 e.